The molecule has 1 saturated heterocycles. The standard InChI is InChI=1S/C14H14N2O3/c1-2-5-18-14(17)16-7-11(8-16)10-3-4-12-13(6-10)19-9-15-12/h2-4,6,9,11H,1,5,7-8H2. The van der Waals surface area contributed by atoms with Crippen LogP contribution in [0.25, 0.3) is 11.1 Å². The molecule has 1 aliphatic heterocycles. The van der Waals surface area contributed by atoms with E-state index in [-0.39, 0.29) is 12.7 Å². The first-order chi connectivity index (χ1) is 9.28. The zero-order chi connectivity index (χ0) is 13.2. The quantitative estimate of drug-likeness (QED) is 0.794. The molecule has 0 spiro atoms. The molecular formula is C14H14N2O3. The highest BCUT2D eigenvalue weighted by molar-refractivity contribution is 5.73. The van der Waals surface area contributed by atoms with Gasteiger partial charge in [-0.2, -0.15) is 0 Å². The Morgan fingerprint density at radius 1 is 1.58 bits per heavy atom. The van der Waals surface area contributed by atoms with Gasteiger partial charge in [-0.15, -0.1) is 0 Å². The molecule has 2 heterocycles. The number of amides is 1. The fourth-order valence-corrected chi connectivity index (χ4v) is 2.19. The Bertz CT molecular complexity index is 614. The molecule has 0 N–H and O–H groups in total. The second kappa shape index (κ2) is 4.76. The number of rotatable bonds is 3. The Balaban J connectivity index is 1.63. The molecule has 0 aliphatic carbocycles. The predicted molar refractivity (Wildman–Crippen MR) is 69.9 cm³/mol. The fraction of sp³-hybridized carbons (Fsp3) is 0.286. The van der Waals surface area contributed by atoms with Crippen LogP contribution >= 0.6 is 0 Å². The van der Waals surface area contributed by atoms with Crippen molar-refractivity contribution in [1.82, 2.24) is 9.88 Å². The summed E-state index contributed by atoms with van der Waals surface area (Å²) in [6.07, 6.45) is 2.72. The number of aromatic nitrogens is 1. The van der Waals surface area contributed by atoms with Crippen molar-refractivity contribution in [2.24, 2.45) is 0 Å². The second-order valence-electron chi connectivity index (χ2n) is 4.55. The van der Waals surface area contributed by atoms with Crippen molar-refractivity contribution in [3.05, 3.63) is 42.8 Å². The van der Waals surface area contributed by atoms with E-state index < -0.39 is 0 Å². The smallest absolute Gasteiger partial charge is 0.410 e. The van der Waals surface area contributed by atoms with Crippen LogP contribution in [0.2, 0.25) is 0 Å². The maximum atomic E-state index is 11.6. The van der Waals surface area contributed by atoms with Gasteiger partial charge in [0.1, 0.15) is 12.1 Å². The van der Waals surface area contributed by atoms with E-state index in [1.165, 1.54) is 6.39 Å². The van der Waals surface area contributed by atoms with E-state index in [9.17, 15) is 4.79 Å². The third kappa shape index (κ3) is 2.19. The van der Waals surface area contributed by atoms with Crippen LogP contribution in [0.5, 0.6) is 0 Å². The number of oxazole rings is 1. The minimum atomic E-state index is -0.281. The first-order valence-corrected chi connectivity index (χ1v) is 6.13. The van der Waals surface area contributed by atoms with Crippen LogP contribution in [0.4, 0.5) is 4.79 Å². The van der Waals surface area contributed by atoms with Gasteiger partial charge in [0.25, 0.3) is 0 Å². The summed E-state index contributed by atoms with van der Waals surface area (Å²) in [7, 11) is 0. The summed E-state index contributed by atoms with van der Waals surface area (Å²) in [5.41, 5.74) is 2.80. The highest BCUT2D eigenvalue weighted by atomic mass is 16.6. The van der Waals surface area contributed by atoms with Crippen molar-refractivity contribution >= 4 is 17.2 Å². The van der Waals surface area contributed by atoms with Crippen molar-refractivity contribution in [3.63, 3.8) is 0 Å². The maximum absolute atomic E-state index is 11.6. The average Bonchev–Trinajstić information content (AvgIpc) is 2.82. The van der Waals surface area contributed by atoms with E-state index in [0.717, 1.165) is 16.7 Å². The average molecular weight is 258 g/mol. The Kier molecular flexibility index (Phi) is 2.95. The number of nitrogens with zero attached hydrogens (tertiary/aromatic N) is 2. The van der Waals surface area contributed by atoms with E-state index in [2.05, 4.69) is 11.6 Å². The van der Waals surface area contributed by atoms with Crippen LogP contribution in [0.1, 0.15) is 11.5 Å². The number of carbonyl (C=O) groups is 1. The molecule has 2 aromatic rings. The molecular weight excluding hydrogens is 244 g/mol. The van der Waals surface area contributed by atoms with Crippen LogP contribution in [-0.2, 0) is 4.74 Å². The zero-order valence-corrected chi connectivity index (χ0v) is 10.4. The summed E-state index contributed by atoms with van der Waals surface area (Å²) in [4.78, 5) is 17.3. The van der Waals surface area contributed by atoms with Crippen LogP contribution in [0.15, 0.2) is 41.7 Å². The number of carbonyl (C=O) groups excluding carboxylic acids is 1. The Hall–Kier alpha value is -2.30. The monoisotopic (exact) mass is 258 g/mol. The lowest BCUT2D eigenvalue weighted by Crippen LogP contribution is -2.48. The molecule has 5 heteroatoms. The number of fused-ring (bicyclic) bond motifs is 1. The first kappa shape index (κ1) is 11.8. The Morgan fingerprint density at radius 3 is 3.21 bits per heavy atom. The summed E-state index contributed by atoms with van der Waals surface area (Å²) in [5, 5.41) is 0. The molecule has 0 bridgehead atoms. The third-order valence-electron chi connectivity index (χ3n) is 3.29. The van der Waals surface area contributed by atoms with Crippen molar-refractivity contribution in [2.45, 2.75) is 5.92 Å². The van der Waals surface area contributed by atoms with E-state index in [1.54, 1.807) is 11.0 Å². The SMILES string of the molecule is C=CCOC(=O)N1CC(c2ccc3ncoc3c2)C1. The van der Waals surface area contributed by atoms with E-state index in [4.69, 9.17) is 9.15 Å². The summed E-state index contributed by atoms with van der Waals surface area (Å²) in [5.74, 6) is 0.339. The van der Waals surface area contributed by atoms with Gasteiger partial charge >= 0.3 is 6.09 Å². The fourth-order valence-electron chi connectivity index (χ4n) is 2.19. The molecule has 1 aromatic carbocycles. The molecule has 0 radical (unpaired) electrons. The van der Waals surface area contributed by atoms with Crippen molar-refractivity contribution in [2.75, 3.05) is 19.7 Å². The number of benzene rings is 1. The van der Waals surface area contributed by atoms with Crippen LogP contribution in [0, 0.1) is 0 Å². The molecule has 19 heavy (non-hydrogen) atoms. The molecule has 1 aromatic heterocycles. The summed E-state index contributed by atoms with van der Waals surface area (Å²) in [6.45, 7) is 5.12. The lowest BCUT2D eigenvalue weighted by molar-refractivity contribution is 0.0792. The highest BCUT2D eigenvalue weighted by Gasteiger charge is 2.32. The molecule has 1 amide bonds. The number of ether oxygens (including phenoxy) is 1. The third-order valence-corrected chi connectivity index (χ3v) is 3.29. The molecule has 98 valence electrons. The minimum absolute atomic E-state index is 0.254. The van der Waals surface area contributed by atoms with Gasteiger partial charge < -0.3 is 14.1 Å². The number of likely N-dealkylation sites (tertiary alicyclic amines) is 1. The molecule has 5 nitrogen and oxygen atoms in total. The van der Waals surface area contributed by atoms with Gasteiger partial charge in [0.15, 0.2) is 12.0 Å². The van der Waals surface area contributed by atoms with Crippen LogP contribution < -0.4 is 0 Å². The predicted octanol–water partition coefficient (Wildman–Crippen LogP) is 2.55. The molecule has 0 unspecified atom stereocenters. The normalized spacial score (nSPS) is 15.3. The number of hydrogen-bond donors (Lipinski definition) is 0. The molecule has 1 aliphatic rings. The van der Waals surface area contributed by atoms with Crippen molar-refractivity contribution in [1.29, 1.82) is 0 Å². The van der Waals surface area contributed by atoms with Crippen molar-refractivity contribution in [3.8, 4) is 0 Å². The van der Waals surface area contributed by atoms with Gasteiger partial charge in [-0.25, -0.2) is 9.78 Å². The second-order valence-corrected chi connectivity index (χ2v) is 4.55. The Labute approximate surface area is 110 Å². The van der Waals surface area contributed by atoms with E-state index >= 15 is 0 Å². The summed E-state index contributed by atoms with van der Waals surface area (Å²) >= 11 is 0. The maximum Gasteiger partial charge on any atom is 0.410 e. The number of hydrogen-bond acceptors (Lipinski definition) is 4. The van der Waals surface area contributed by atoms with Gasteiger partial charge in [0, 0.05) is 19.0 Å². The van der Waals surface area contributed by atoms with Gasteiger partial charge in [-0.05, 0) is 17.7 Å². The van der Waals surface area contributed by atoms with Gasteiger partial charge in [-0.1, -0.05) is 18.7 Å². The molecule has 1 fully saturated rings. The van der Waals surface area contributed by atoms with E-state index in [1.807, 2.05) is 18.2 Å². The molecule has 3 rings (SSSR count). The lowest BCUT2D eigenvalue weighted by Gasteiger charge is -2.38. The zero-order valence-electron chi connectivity index (χ0n) is 10.4. The Morgan fingerprint density at radius 2 is 2.42 bits per heavy atom. The van der Waals surface area contributed by atoms with Gasteiger partial charge in [0.05, 0.1) is 0 Å². The van der Waals surface area contributed by atoms with Gasteiger partial charge in [-0.3, -0.25) is 0 Å². The largest absolute Gasteiger partial charge is 0.445 e. The van der Waals surface area contributed by atoms with Crippen LogP contribution in [0.3, 0.4) is 0 Å². The van der Waals surface area contributed by atoms with Crippen molar-refractivity contribution < 1.29 is 13.9 Å². The highest BCUT2D eigenvalue weighted by Crippen LogP contribution is 2.29. The summed E-state index contributed by atoms with van der Waals surface area (Å²) in [6, 6.07) is 5.95. The molecule has 0 saturated carbocycles. The van der Waals surface area contributed by atoms with Crippen LogP contribution in [-0.4, -0.2) is 35.7 Å². The van der Waals surface area contributed by atoms with E-state index in [0.29, 0.717) is 19.0 Å². The molecule has 0 atom stereocenters. The summed E-state index contributed by atoms with van der Waals surface area (Å²) < 4.78 is 10.3. The lowest BCUT2D eigenvalue weighted by atomic mass is 9.92. The van der Waals surface area contributed by atoms with Gasteiger partial charge in [0.2, 0.25) is 0 Å². The minimum Gasteiger partial charge on any atom is -0.445 e. The first-order valence-electron chi connectivity index (χ1n) is 6.13. The topological polar surface area (TPSA) is 55.6 Å².